The highest BCUT2D eigenvalue weighted by Crippen LogP contribution is 1.98. The second-order valence-electron chi connectivity index (χ2n) is 7.82. The molecule has 0 aromatic heterocycles. The van der Waals surface area contributed by atoms with Crippen LogP contribution in [0.3, 0.4) is 0 Å². The monoisotopic (exact) mass is 371 g/mol. The van der Waals surface area contributed by atoms with E-state index in [2.05, 4.69) is 45.6 Å². The summed E-state index contributed by atoms with van der Waals surface area (Å²) in [5.74, 6) is 0. The molecule has 7 nitrogen and oxygen atoms in total. The summed E-state index contributed by atoms with van der Waals surface area (Å²) in [5, 5.41) is 0. The molecule has 0 unspecified atom stereocenters. The van der Waals surface area contributed by atoms with Crippen LogP contribution in [0.4, 0.5) is 0 Å². The van der Waals surface area contributed by atoms with Crippen molar-refractivity contribution in [2.75, 3.05) is 126 Å². The van der Waals surface area contributed by atoms with Crippen molar-refractivity contribution in [2.24, 2.45) is 0 Å². The van der Waals surface area contributed by atoms with Crippen molar-refractivity contribution in [1.82, 2.24) is 24.5 Å². The van der Waals surface area contributed by atoms with Crippen LogP contribution >= 0.6 is 0 Å². The van der Waals surface area contributed by atoms with E-state index in [0.717, 1.165) is 105 Å². The molecule has 0 aliphatic carbocycles. The minimum absolute atomic E-state index is 0.820. The van der Waals surface area contributed by atoms with Crippen molar-refractivity contribution < 1.29 is 9.47 Å². The molecule has 0 N–H and O–H groups in total. The predicted octanol–water partition coefficient (Wildman–Crippen LogP) is -0.554. The van der Waals surface area contributed by atoms with Gasteiger partial charge in [0.15, 0.2) is 0 Å². The Balaban J connectivity index is 1.94. The number of likely N-dealkylation sites (N-methyl/N-ethyl adjacent to an activating group) is 3. The smallest absolute Gasteiger partial charge is 0.0594 e. The van der Waals surface area contributed by atoms with E-state index in [1.54, 1.807) is 0 Å². The molecule has 7 heteroatoms. The standard InChI is InChI=1S/C19H41N5O2/c1-20-4-6-21(2)8-10-23-12-16-25-18-14-24(15-19-26-17-13-23)11-9-22(3)7-5-20/h4-19H2,1-3H3. The van der Waals surface area contributed by atoms with Gasteiger partial charge >= 0.3 is 0 Å². The summed E-state index contributed by atoms with van der Waals surface area (Å²) in [6.07, 6.45) is 0. The van der Waals surface area contributed by atoms with Gasteiger partial charge in [0.2, 0.25) is 0 Å². The van der Waals surface area contributed by atoms with Gasteiger partial charge < -0.3 is 24.2 Å². The maximum Gasteiger partial charge on any atom is 0.0594 e. The Morgan fingerprint density at radius 1 is 0.385 bits per heavy atom. The molecule has 3 fully saturated rings. The van der Waals surface area contributed by atoms with Gasteiger partial charge in [-0.3, -0.25) is 9.80 Å². The fourth-order valence-electron chi connectivity index (χ4n) is 3.29. The van der Waals surface area contributed by atoms with Crippen LogP contribution in [-0.4, -0.2) is 151 Å². The summed E-state index contributed by atoms with van der Waals surface area (Å²) < 4.78 is 11.8. The summed E-state index contributed by atoms with van der Waals surface area (Å²) in [6, 6.07) is 0. The molecule has 2 bridgehead atoms. The van der Waals surface area contributed by atoms with E-state index >= 15 is 0 Å². The van der Waals surface area contributed by atoms with Gasteiger partial charge in [0.05, 0.1) is 26.4 Å². The van der Waals surface area contributed by atoms with Gasteiger partial charge in [0.25, 0.3) is 0 Å². The van der Waals surface area contributed by atoms with Crippen LogP contribution in [0.25, 0.3) is 0 Å². The Kier molecular flexibility index (Phi) is 11.0. The van der Waals surface area contributed by atoms with Gasteiger partial charge in [-0.25, -0.2) is 0 Å². The molecule has 3 aliphatic heterocycles. The maximum absolute atomic E-state index is 5.92. The van der Waals surface area contributed by atoms with E-state index < -0.39 is 0 Å². The summed E-state index contributed by atoms with van der Waals surface area (Å²) >= 11 is 0. The van der Waals surface area contributed by atoms with Gasteiger partial charge in [0.1, 0.15) is 0 Å². The van der Waals surface area contributed by atoms with E-state index in [1.807, 2.05) is 0 Å². The average Bonchev–Trinajstić information content (AvgIpc) is 2.62. The normalized spacial score (nSPS) is 31.5. The third-order valence-electron chi connectivity index (χ3n) is 5.53. The SMILES string of the molecule is CN1CCN(C)CCN2CCOCCN(CCOCC2)CCN(C)CC1. The van der Waals surface area contributed by atoms with Gasteiger partial charge in [-0.15, -0.1) is 0 Å². The Labute approximate surface area is 160 Å². The van der Waals surface area contributed by atoms with Crippen LogP contribution in [0, 0.1) is 0 Å². The van der Waals surface area contributed by atoms with Gasteiger partial charge in [-0.2, -0.15) is 0 Å². The van der Waals surface area contributed by atoms with E-state index in [9.17, 15) is 0 Å². The van der Waals surface area contributed by atoms with E-state index in [1.165, 1.54) is 0 Å². The number of hydrogen-bond donors (Lipinski definition) is 0. The summed E-state index contributed by atoms with van der Waals surface area (Å²) in [7, 11) is 6.71. The predicted molar refractivity (Wildman–Crippen MR) is 107 cm³/mol. The third-order valence-corrected chi connectivity index (χ3v) is 5.53. The molecule has 0 spiro atoms. The van der Waals surface area contributed by atoms with Crippen molar-refractivity contribution in [3.63, 3.8) is 0 Å². The highest BCUT2D eigenvalue weighted by atomic mass is 16.5. The lowest BCUT2D eigenvalue weighted by Gasteiger charge is -2.30. The van der Waals surface area contributed by atoms with Crippen molar-refractivity contribution in [1.29, 1.82) is 0 Å². The van der Waals surface area contributed by atoms with E-state index in [4.69, 9.17) is 9.47 Å². The first-order chi connectivity index (χ1) is 12.6. The van der Waals surface area contributed by atoms with Crippen LogP contribution in [0.15, 0.2) is 0 Å². The highest BCUT2D eigenvalue weighted by molar-refractivity contribution is 4.67. The summed E-state index contributed by atoms with van der Waals surface area (Å²) in [6.45, 7) is 16.1. The second-order valence-corrected chi connectivity index (χ2v) is 7.82. The third kappa shape index (κ3) is 9.60. The van der Waals surface area contributed by atoms with Crippen molar-refractivity contribution in [3.05, 3.63) is 0 Å². The summed E-state index contributed by atoms with van der Waals surface area (Å²) in [5.41, 5.74) is 0. The molecule has 0 aromatic rings. The topological polar surface area (TPSA) is 34.7 Å². The quantitative estimate of drug-likeness (QED) is 0.529. The van der Waals surface area contributed by atoms with Gasteiger partial charge in [-0.05, 0) is 21.1 Å². The molecule has 154 valence electrons. The molecule has 0 radical (unpaired) electrons. The number of ether oxygens (including phenoxy) is 2. The van der Waals surface area contributed by atoms with Crippen LogP contribution in [0.2, 0.25) is 0 Å². The van der Waals surface area contributed by atoms with Crippen LogP contribution in [0.1, 0.15) is 0 Å². The first-order valence-corrected chi connectivity index (χ1v) is 10.3. The molecule has 3 rings (SSSR count). The molecule has 3 aliphatic rings. The molecule has 0 atom stereocenters. The van der Waals surface area contributed by atoms with E-state index in [0.29, 0.717) is 0 Å². The lowest BCUT2D eigenvalue weighted by Crippen LogP contribution is -2.43. The molecule has 0 saturated carbocycles. The second kappa shape index (κ2) is 13.0. The zero-order valence-corrected chi connectivity index (χ0v) is 17.4. The number of nitrogens with zero attached hydrogens (tertiary/aromatic N) is 5. The number of fused-ring (bicyclic) bond motifs is 18. The van der Waals surface area contributed by atoms with Crippen molar-refractivity contribution in [3.8, 4) is 0 Å². The van der Waals surface area contributed by atoms with Gasteiger partial charge in [-0.1, -0.05) is 0 Å². The largest absolute Gasteiger partial charge is 0.379 e. The van der Waals surface area contributed by atoms with Crippen LogP contribution in [0.5, 0.6) is 0 Å². The Morgan fingerprint density at radius 3 is 0.962 bits per heavy atom. The van der Waals surface area contributed by atoms with Gasteiger partial charge in [0, 0.05) is 78.5 Å². The summed E-state index contributed by atoms with van der Waals surface area (Å²) in [4.78, 5) is 12.3. The maximum atomic E-state index is 5.92. The Bertz CT molecular complexity index is 317. The Morgan fingerprint density at radius 2 is 0.654 bits per heavy atom. The van der Waals surface area contributed by atoms with Crippen LogP contribution < -0.4 is 0 Å². The molecule has 3 saturated heterocycles. The van der Waals surface area contributed by atoms with Crippen LogP contribution in [-0.2, 0) is 9.47 Å². The first-order valence-electron chi connectivity index (χ1n) is 10.3. The molecular formula is C19H41N5O2. The fourth-order valence-corrected chi connectivity index (χ4v) is 3.29. The lowest BCUT2D eigenvalue weighted by molar-refractivity contribution is 0.0337. The minimum atomic E-state index is 0.820. The molecule has 0 aromatic carbocycles. The lowest BCUT2D eigenvalue weighted by atomic mass is 10.3. The fraction of sp³-hybridized carbons (Fsp3) is 1.00. The molecular weight excluding hydrogens is 330 g/mol. The van der Waals surface area contributed by atoms with E-state index in [-0.39, 0.29) is 0 Å². The Hall–Kier alpha value is -0.280. The minimum Gasteiger partial charge on any atom is -0.379 e. The first kappa shape index (κ1) is 22.0. The zero-order chi connectivity index (χ0) is 18.6. The molecule has 0 amide bonds. The molecule has 3 heterocycles. The molecule has 26 heavy (non-hydrogen) atoms. The van der Waals surface area contributed by atoms with Crippen molar-refractivity contribution >= 4 is 0 Å². The van der Waals surface area contributed by atoms with Crippen molar-refractivity contribution in [2.45, 2.75) is 0 Å². The highest BCUT2D eigenvalue weighted by Gasteiger charge is 2.12. The zero-order valence-electron chi connectivity index (χ0n) is 17.4. The average molecular weight is 372 g/mol. The number of hydrogen-bond acceptors (Lipinski definition) is 7. The number of rotatable bonds is 0.